The molecule has 0 bridgehead atoms. The van der Waals surface area contributed by atoms with Crippen molar-refractivity contribution in [1.82, 2.24) is 0 Å². The number of carbonyl (C=O) groups excluding carboxylic acids is 3. The second kappa shape index (κ2) is 47.9. The first-order valence-electron chi connectivity index (χ1n) is 27.3. The Labute approximate surface area is 380 Å². The Kier molecular flexibility index (Phi) is 46.6. The summed E-state index contributed by atoms with van der Waals surface area (Å²) in [6, 6.07) is 0. The fourth-order valence-electron chi connectivity index (χ4n) is 8.28. The minimum atomic E-state index is -0.763. The maximum absolute atomic E-state index is 12.8. The molecular weight excluding hydrogens is 757 g/mol. The van der Waals surface area contributed by atoms with Crippen molar-refractivity contribution in [2.45, 2.75) is 310 Å². The molecule has 0 amide bonds. The third-order valence-corrected chi connectivity index (χ3v) is 13.2. The van der Waals surface area contributed by atoms with Gasteiger partial charge in [0.05, 0.1) is 0 Å². The van der Waals surface area contributed by atoms with Crippen LogP contribution < -0.4 is 0 Å². The molecule has 0 aromatic heterocycles. The number of unbranched alkanes of at least 4 members (excludes halogenated alkanes) is 32. The Morgan fingerprint density at radius 2 is 0.574 bits per heavy atom. The number of esters is 3. The third kappa shape index (κ3) is 46.2. The lowest BCUT2D eigenvalue weighted by Crippen LogP contribution is -2.30. The van der Waals surface area contributed by atoms with E-state index in [9.17, 15) is 14.4 Å². The Hall–Kier alpha value is -1.59. The molecule has 0 N–H and O–H groups in total. The van der Waals surface area contributed by atoms with Gasteiger partial charge >= 0.3 is 17.9 Å². The molecule has 0 aromatic carbocycles. The summed E-state index contributed by atoms with van der Waals surface area (Å²) in [5.41, 5.74) is 0. The smallest absolute Gasteiger partial charge is 0.306 e. The van der Waals surface area contributed by atoms with E-state index in [2.05, 4.69) is 34.6 Å². The molecule has 0 rings (SSSR count). The Bertz CT molecular complexity index is 935. The number of ether oxygens (including phenoxy) is 3. The minimum Gasteiger partial charge on any atom is -0.462 e. The molecule has 61 heavy (non-hydrogen) atoms. The van der Waals surface area contributed by atoms with Gasteiger partial charge in [-0.25, -0.2) is 0 Å². The Morgan fingerprint density at radius 3 is 0.852 bits per heavy atom. The van der Waals surface area contributed by atoms with Crippen molar-refractivity contribution in [3.63, 3.8) is 0 Å². The zero-order valence-corrected chi connectivity index (χ0v) is 41.8. The lowest BCUT2D eigenvalue weighted by molar-refractivity contribution is -0.167. The van der Waals surface area contributed by atoms with Gasteiger partial charge in [0, 0.05) is 19.3 Å². The van der Waals surface area contributed by atoms with Crippen LogP contribution in [0, 0.1) is 11.8 Å². The summed E-state index contributed by atoms with van der Waals surface area (Å²) in [6.45, 7) is 11.4. The molecule has 0 radical (unpaired) electrons. The maximum atomic E-state index is 12.8. The molecule has 3 atom stereocenters. The molecule has 2 unspecified atom stereocenters. The van der Waals surface area contributed by atoms with E-state index >= 15 is 0 Å². The summed E-state index contributed by atoms with van der Waals surface area (Å²) in [4.78, 5) is 38.0. The molecule has 362 valence electrons. The van der Waals surface area contributed by atoms with E-state index in [-0.39, 0.29) is 31.1 Å². The average Bonchev–Trinajstić information content (AvgIpc) is 3.26. The van der Waals surface area contributed by atoms with Crippen LogP contribution in [0.2, 0.25) is 0 Å². The van der Waals surface area contributed by atoms with Crippen LogP contribution in [-0.2, 0) is 28.6 Å². The van der Waals surface area contributed by atoms with Gasteiger partial charge in [0.2, 0.25) is 0 Å². The average molecular weight is 863 g/mol. The van der Waals surface area contributed by atoms with Gasteiger partial charge in [-0.05, 0) is 31.1 Å². The molecule has 0 saturated carbocycles. The zero-order chi connectivity index (χ0) is 44.7. The van der Waals surface area contributed by atoms with Crippen LogP contribution in [0.1, 0.15) is 304 Å². The molecule has 6 heteroatoms. The molecule has 0 aromatic rings. The van der Waals surface area contributed by atoms with E-state index in [0.717, 1.165) is 69.6 Å². The van der Waals surface area contributed by atoms with Crippen molar-refractivity contribution in [3.05, 3.63) is 0 Å². The van der Waals surface area contributed by atoms with Gasteiger partial charge in [-0.3, -0.25) is 14.4 Å². The van der Waals surface area contributed by atoms with Gasteiger partial charge in [-0.2, -0.15) is 0 Å². The summed E-state index contributed by atoms with van der Waals surface area (Å²) >= 11 is 0. The highest BCUT2D eigenvalue weighted by Crippen LogP contribution is 2.18. The topological polar surface area (TPSA) is 78.9 Å². The summed E-state index contributed by atoms with van der Waals surface area (Å²) in [6.07, 6.45) is 49.5. The van der Waals surface area contributed by atoms with E-state index in [1.54, 1.807) is 0 Å². The van der Waals surface area contributed by atoms with Crippen molar-refractivity contribution >= 4 is 17.9 Å². The van der Waals surface area contributed by atoms with Crippen LogP contribution in [-0.4, -0.2) is 37.2 Å². The molecule has 0 aliphatic rings. The first-order chi connectivity index (χ1) is 29.8. The number of hydrogen-bond acceptors (Lipinski definition) is 6. The van der Waals surface area contributed by atoms with Crippen LogP contribution >= 0.6 is 0 Å². The van der Waals surface area contributed by atoms with Gasteiger partial charge in [0.15, 0.2) is 6.10 Å². The van der Waals surface area contributed by atoms with E-state index in [1.807, 2.05) is 0 Å². The SMILES string of the molecule is CCCCCCCCCCCCCCCCCCCCCC(=O)OC[C@H](COC(=O)CCCCCCCCC(C)CC)OC(=O)CCCCCCCCCCCCC(C)CC. The third-order valence-electron chi connectivity index (χ3n) is 13.2. The van der Waals surface area contributed by atoms with Gasteiger partial charge in [-0.1, -0.05) is 266 Å². The first-order valence-corrected chi connectivity index (χ1v) is 27.3. The second-order valence-electron chi connectivity index (χ2n) is 19.4. The molecule has 0 spiro atoms. The predicted molar refractivity (Wildman–Crippen MR) is 261 cm³/mol. The Balaban J connectivity index is 4.25. The number of carbonyl (C=O) groups is 3. The normalized spacial score (nSPS) is 12.9. The number of hydrogen-bond donors (Lipinski definition) is 0. The molecule has 6 nitrogen and oxygen atoms in total. The van der Waals surface area contributed by atoms with Crippen LogP contribution in [0.15, 0.2) is 0 Å². The van der Waals surface area contributed by atoms with Crippen LogP contribution in [0.5, 0.6) is 0 Å². The summed E-state index contributed by atoms with van der Waals surface area (Å²) in [7, 11) is 0. The van der Waals surface area contributed by atoms with Crippen LogP contribution in [0.4, 0.5) is 0 Å². The molecule has 0 aliphatic heterocycles. The quantitative estimate of drug-likeness (QED) is 0.0344. The first kappa shape index (κ1) is 59.4. The van der Waals surface area contributed by atoms with Crippen molar-refractivity contribution in [3.8, 4) is 0 Å². The van der Waals surface area contributed by atoms with Crippen molar-refractivity contribution in [1.29, 1.82) is 0 Å². The fourth-order valence-corrected chi connectivity index (χ4v) is 8.28. The minimum absolute atomic E-state index is 0.0642. The van der Waals surface area contributed by atoms with Crippen LogP contribution in [0.25, 0.3) is 0 Å². The van der Waals surface area contributed by atoms with E-state index < -0.39 is 6.10 Å². The van der Waals surface area contributed by atoms with Crippen LogP contribution in [0.3, 0.4) is 0 Å². The largest absolute Gasteiger partial charge is 0.462 e. The van der Waals surface area contributed by atoms with Gasteiger partial charge in [0.1, 0.15) is 13.2 Å². The lowest BCUT2D eigenvalue weighted by Gasteiger charge is -2.18. The molecular formula is C55H106O6. The van der Waals surface area contributed by atoms with E-state index in [4.69, 9.17) is 14.2 Å². The van der Waals surface area contributed by atoms with Gasteiger partial charge in [0.25, 0.3) is 0 Å². The highest BCUT2D eigenvalue weighted by molar-refractivity contribution is 5.71. The number of rotatable bonds is 49. The van der Waals surface area contributed by atoms with Crippen molar-refractivity contribution in [2.75, 3.05) is 13.2 Å². The van der Waals surface area contributed by atoms with E-state index in [1.165, 1.54) is 193 Å². The van der Waals surface area contributed by atoms with E-state index in [0.29, 0.717) is 19.3 Å². The Morgan fingerprint density at radius 1 is 0.328 bits per heavy atom. The van der Waals surface area contributed by atoms with Gasteiger partial charge < -0.3 is 14.2 Å². The zero-order valence-electron chi connectivity index (χ0n) is 41.8. The summed E-state index contributed by atoms with van der Waals surface area (Å²) in [5, 5.41) is 0. The molecule has 0 aliphatic carbocycles. The molecule has 0 saturated heterocycles. The predicted octanol–water partition coefficient (Wildman–Crippen LogP) is 17.7. The standard InChI is InChI=1S/C55H106O6/c1-6-9-10-11-12-13-14-15-16-17-18-19-20-21-22-26-29-35-40-45-53(56)59-48-52(49-60-54(57)46-41-36-32-31-34-39-44-51(5)8-3)61-55(58)47-42-37-30-27-24-23-25-28-33-38-43-50(4)7-2/h50-52H,6-49H2,1-5H3/t50?,51?,52-/m1/s1. The lowest BCUT2D eigenvalue weighted by atomic mass is 9.99. The van der Waals surface area contributed by atoms with Crippen molar-refractivity contribution < 1.29 is 28.6 Å². The summed E-state index contributed by atoms with van der Waals surface area (Å²) < 4.78 is 16.8. The molecule has 0 fully saturated rings. The van der Waals surface area contributed by atoms with Gasteiger partial charge in [-0.15, -0.1) is 0 Å². The fraction of sp³-hybridized carbons (Fsp3) is 0.945. The second-order valence-corrected chi connectivity index (χ2v) is 19.4. The highest BCUT2D eigenvalue weighted by Gasteiger charge is 2.19. The molecule has 0 heterocycles. The summed E-state index contributed by atoms with van der Waals surface area (Å²) in [5.74, 6) is 0.832. The highest BCUT2D eigenvalue weighted by atomic mass is 16.6. The maximum Gasteiger partial charge on any atom is 0.306 e. The monoisotopic (exact) mass is 863 g/mol. The van der Waals surface area contributed by atoms with Crippen molar-refractivity contribution in [2.24, 2.45) is 11.8 Å².